The third-order valence-corrected chi connectivity index (χ3v) is 5.47. The van der Waals surface area contributed by atoms with Crippen LogP contribution in [0.1, 0.15) is 25.7 Å². The van der Waals surface area contributed by atoms with E-state index in [2.05, 4.69) is 0 Å². The summed E-state index contributed by atoms with van der Waals surface area (Å²) in [5.41, 5.74) is 1.95. The number of nitrogens with two attached hydrogens (primary N) is 1. The Labute approximate surface area is 130 Å². The lowest BCUT2D eigenvalue weighted by atomic mass is 10.2. The summed E-state index contributed by atoms with van der Waals surface area (Å²) in [7, 11) is -3.46. The molecule has 22 heavy (non-hydrogen) atoms. The van der Waals surface area contributed by atoms with Crippen molar-refractivity contribution >= 4 is 15.9 Å². The fourth-order valence-electron chi connectivity index (χ4n) is 2.33. The first-order valence-electron chi connectivity index (χ1n) is 7.26. The first-order chi connectivity index (χ1) is 10.5. The maximum atomic E-state index is 12.6. The average Bonchev–Trinajstić information content (AvgIpc) is 2.82. The van der Waals surface area contributed by atoms with Crippen molar-refractivity contribution in [1.29, 1.82) is 0 Å². The highest BCUT2D eigenvalue weighted by atomic mass is 32.2. The minimum atomic E-state index is -3.46. The number of ether oxygens (including phenoxy) is 1. The standard InChI is InChI=1S/C14H21N3O4S/c15-16-14(18)11-21-12-5-7-13(8-6-12)22(19,20)17-9-3-1-2-4-10-17/h5-8H,1-4,9-11,15H2,(H,16,18). The number of benzene rings is 1. The summed E-state index contributed by atoms with van der Waals surface area (Å²) in [6, 6.07) is 6.06. The predicted molar refractivity (Wildman–Crippen MR) is 81.5 cm³/mol. The van der Waals surface area contributed by atoms with Gasteiger partial charge in [0, 0.05) is 13.1 Å². The Balaban J connectivity index is 2.06. The number of rotatable bonds is 5. The number of nitrogens with one attached hydrogen (secondary N) is 1. The van der Waals surface area contributed by atoms with E-state index in [-0.39, 0.29) is 11.5 Å². The topological polar surface area (TPSA) is 102 Å². The molecule has 3 N–H and O–H groups in total. The van der Waals surface area contributed by atoms with Gasteiger partial charge in [-0.3, -0.25) is 10.2 Å². The molecule has 7 nitrogen and oxygen atoms in total. The van der Waals surface area contributed by atoms with Gasteiger partial charge in [-0.1, -0.05) is 12.8 Å². The van der Waals surface area contributed by atoms with Gasteiger partial charge in [0.25, 0.3) is 5.91 Å². The van der Waals surface area contributed by atoms with E-state index in [1.807, 2.05) is 5.43 Å². The minimum absolute atomic E-state index is 0.214. The molecule has 1 aliphatic rings. The normalized spacial score (nSPS) is 16.8. The van der Waals surface area contributed by atoms with E-state index in [4.69, 9.17) is 10.6 Å². The van der Waals surface area contributed by atoms with E-state index in [0.717, 1.165) is 25.7 Å². The van der Waals surface area contributed by atoms with Gasteiger partial charge in [0.1, 0.15) is 5.75 Å². The largest absolute Gasteiger partial charge is 0.484 e. The summed E-state index contributed by atoms with van der Waals surface area (Å²) in [5.74, 6) is 4.91. The van der Waals surface area contributed by atoms with Crippen LogP contribution in [0, 0.1) is 0 Å². The molecule has 1 aliphatic heterocycles. The summed E-state index contributed by atoms with van der Waals surface area (Å²) < 4.78 is 31.9. The Kier molecular flexibility index (Phi) is 5.76. The van der Waals surface area contributed by atoms with Gasteiger partial charge in [-0.15, -0.1) is 0 Å². The van der Waals surface area contributed by atoms with Crippen LogP contribution in [0.4, 0.5) is 0 Å². The molecule has 1 saturated heterocycles. The molecule has 1 fully saturated rings. The smallest absolute Gasteiger partial charge is 0.271 e. The Morgan fingerprint density at radius 3 is 2.27 bits per heavy atom. The molecule has 0 atom stereocenters. The fourth-order valence-corrected chi connectivity index (χ4v) is 3.85. The van der Waals surface area contributed by atoms with Crippen LogP contribution in [0.5, 0.6) is 5.75 Å². The first-order valence-corrected chi connectivity index (χ1v) is 8.70. The number of hydrogen-bond acceptors (Lipinski definition) is 5. The van der Waals surface area contributed by atoms with Gasteiger partial charge in [0.15, 0.2) is 6.61 Å². The van der Waals surface area contributed by atoms with Crippen molar-refractivity contribution in [2.75, 3.05) is 19.7 Å². The van der Waals surface area contributed by atoms with Crippen LogP contribution in [0.2, 0.25) is 0 Å². The van der Waals surface area contributed by atoms with Crippen LogP contribution in [-0.4, -0.2) is 38.3 Å². The molecule has 122 valence electrons. The highest BCUT2D eigenvalue weighted by molar-refractivity contribution is 7.89. The first kappa shape index (κ1) is 16.7. The SMILES string of the molecule is NNC(=O)COc1ccc(S(=O)(=O)N2CCCCCC2)cc1. The maximum absolute atomic E-state index is 12.6. The second-order valence-electron chi connectivity index (χ2n) is 5.15. The molecule has 1 aromatic rings. The van der Waals surface area contributed by atoms with Gasteiger partial charge in [-0.25, -0.2) is 14.3 Å². The number of nitrogens with zero attached hydrogens (tertiary/aromatic N) is 1. The van der Waals surface area contributed by atoms with Crippen molar-refractivity contribution < 1.29 is 17.9 Å². The van der Waals surface area contributed by atoms with Gasteiger partial charge >= 0.3 is 0 Å². The number of sulfonamides is 1. The van der Waals surface area contributed by atoms with Gasteiger partial charge in [-0.2, -0.15) is 4.31 Å². The molecule has 8 heteroatoms. The average molecular weight is 327 g/mol. The Morgan fingerprint density at radius 1 is 1.14 bits per heavy atom. The number of hydrogen-bond donors (Lipinski definition) is 2. The third-order valence-electron chi connectivity index (χ3n) is 3.56. The zero-order valence-electron chi connectivity index (χ0n) is 12.3. The second-order valence-corrected chi connectivity index (χ2v) is 7.08. The zero-order valence-corrected chi connectivity index (χ0v) is 13.1. The molecule has 0 spiro atoms. The zero-order chi connectivity index (χ0) is 16.0. The van der Waals surface area contributed by atoms with Gasteiger partial charge < -0.3 is 4.74 Å². The van der Waals surface area contributed by atoms with E-state index >= 15 is 0 Å². The molecule has 1 aromatic carbocycles. The molecule has 2 rings (SSSR count). The second kappa shape index (κ2) is 7.57. The van der Waals surface area contributed by atoms with Crippen molar-refractivity contribution in [3.05, 3.63) is 24.3 Å². The fraction of sp³-hybridized carbons (Fsp3) is 0.500. The summed E-state index contributed by atoms with van der Waals surface area (Å²) >= 11 is 0. The Morgan fingerprint density at radius 2 is 1.73 bits per heavy atom. The molecular formula is C14H21N3O4S. The minimum Gasteiger partial charge on any atom is -0.484 e. The van der Waals surface area contributed by atoms with Gasteiger partial charge in [-0.05, 0) is 37.1 Å². The number of hydrazine groups is 1. The lowest BCUT2D eigenvalue weighted by Gasteiger charge is -2.20. The number of carbonyl (C=O) groups excluding carboxylic acids is 1. The van der Waals surface area contributed by atoms with Gasteiger partial charge in [0.2, 0.25) is 10.0 Å². The van der Waals surface area contributed by atoms with E-state index < -0.39 is 15.9 Å². The molecule has 0 radical (unpaired) electrons. The molecule has 1 amide bonds. The number of amides is 1. The summed E-state index contributed by atoms with van der Waals surface area (Å²) in [4.78, 5) is 11.2. The van der Waals surface area contributed by atoms with E-state index in [1.54, 1.807) is 0 Å². The maximum Gasteiger partial charge on any atom is 0.271 e. The van der Waals surface area contributed by atoms with Crippen molar-refractivity contribution in [3.63, 3.8) is 0 Å². The van der Waals surface area contributed by atoms with Crippen LogP contribution in [0.25, 0.3) is 0 Å². The van der Waals surface area contributed by atoms with E-state index in [0.29, 0.717) is 18.8 Å². The molecule has 0 unspecified atom stereocenters. The molecular weight excluding hydrogens is 306 g/mol. The Bertz CT molecular complexity index is 593. The van der Waals surface area contributed by atoms with Crippen LogP contribution in [0.15, 0.2) is 29.2 Å². The van der Waals surface area contributed by atoms with Crippen molar-refractivity contribution in [3.8, 4) is 5.75 Å². The summed E-state index contributed by atoms with van der Waals surface area (Å²) in [5, 5.41) is 0. The van der Waals surface area contributed by atoms with E-state index in [9.17, 15) is 13.2 Å². The van der Waals surface area contributed by atoms with Crippen LogP contribution in [-0.2, 0) is 14.8 Å². The van der Waals surface area contributed by atoms with Crippen molar-refractivity contribution in [1.82, 2.24) is 9.73 Å². The summed E-state index contributed by atoms with van der Waals surface area (Å²) in [6.07, 6.45) is 3.94. The third kappa shape index (κ3) is 4.19. The van der Waals surface area contributed by atoms with Crippen LogP contribution >= 0.6 is 0 Å². The Hall–Kier alpha value is -1.64. The molecule has 0 aliphatic carbocycles. The lowest BCUT2D eigenvalue weighted by molar-refractivity contribution is -0.123. The van der Waals surface area contributed by atoms with Gasteiger partial charge in [0.05, 0.1) is 4.90 Å². The highest BCUT2D eigenvalue weighted by Gasteiger charge is 2.24. The lowest BCUT2D eigenvalue weighted by Crippen LogP contribution is -2.34. The predicted octanol–water partition coefficient (Wildman–Crippen LogP) is 0.620. The summed E-state index contributed by atoms with van der Waals surface area (Å²) in [6.45, 7) is 0.920. The monoisotopic (exact) mass is 327 g/mol. The molecule has 1 heterocycles. The van der Waals surface area contributed by atoms with Crippen LogP contribution < -0.4 is 16.0 Å². The molecule has 0 aromatic heterocycles. The highest BCUT2D eigenvalue weighted by Crippen LogP contribution is 2.22. The molecule has 0 saturated carbocycles. The number of carbonyl (C=O) groups is 1. The molecule has 0 bridgehead atoms. The van der Waals surface area contributed by atoms with Crippen molar-refractivity contribution in [2.24, 2.45) is 5.84 Å². The van der Waals surface area contributed by atoms with E-state index in [1.165, 1.54) is 28.6 Å². The van der Waals surface area contributed by atoms with Crippen molar-refractivity contribution in [2.45, 2.75) is 30.6 Å². The van der Waals surface area contributed by atoms with Crippen LogP contribution in [0.3, 0.4) is 0 Å². The quantitative estimate of drug-likeness (QED) is 0.469.